The first kappa shape index (κ1) is 27.3. The van der Waals surface area contributed by atoms with Crippen molar-refractivity contribution in [3.63, 3.8) is 0 Å². The van der Waals surface area contributed by atoms with Gasteiger partial charge in [-0.2, -0.15) is 0 Å². The SMILES string of the molecule is N[C@@H]1CCN(C2C(F)CC3C(=O)C(C(=O)NCCN4CCOCC4)=CN4C5CCC6CCCCC6C5OC2C34)C1. The maximum Gasteiger partial charge on any atom is 0.256 e. The Hall–Kier alpha value is -1.59. The minimum absolute atomic E-state index is 0.0140. The summed E-state index contributed by atoms with van der Waals surface area (Å²) < 4.78 is 28.6. The number of ether oxygens (including phenoxy) is 2. The van der Waals surface area contributed by atoms with Crippen molar-refractivity contribution in [1.29, 1.82) is 0 Å². The Labute approximate surface area is 236 Å². The Morgan fingerprint density at radius 2 is 1.88 bits per heavy atom. The molecule has 10 heteroatoms. The number of likely N-dealkylation sites (tertiary alicyclic amines) is 1. The molecule has 3 saturated carbocycles. The number of ketones is 1. The molecule has 1 amide bonds. The second-order valence-corrected chi connectivity index (χ2v) is 13.4. The first-order valence-corrected chi connectivity index (χ1v) is 15.9. The standard InChI is InChI=1S/C30H46FN5O4/c31-23-15-21-25-29(26(23)35-9-7-19(32)16-35)40-28-20-4-2-1-3-18(20)5-6-24(28)36(25)17-22(27(21)37)30(38)33-8-10-34-11-13-39-14-12-34/h17-21,23-26,28-29H,1-16,32H2,(H,33,38)/t18?,19-,20?,21?,23?,24?,25?,26?,28?,29?/m1/s1. The van der Waals surface area contributed by atoms with Crippen molar-refractivity contribution in [2.24, 2.45) is 23.5 Å². The Morgan fingerprint density at radius 1 is 1.05 bits per heavy atom. The minimum atomic E-state index is -1.19. The summed E-state index contributed by atoms with van der Waals surface area (Å²) in [7, 11) is 0. The number of hydrogen-bond donors (Lipinski definition) is 2. The maximum absolute atomic E-state index is 16.2. The van der Waals surface area contributed by atoms with Crippen LogP contribution in [0.3, 0.4) is 0 Å². The van der Waals surface area contributed by atoms with Crippen molar-refractivity contribution in [3.05, 3.63) is 11.8 Å². The normalized spacial score (nSPS) is 43.9. The lowest BCUT2D eigenvalue weighted by Crippen LogP contribution is -2.74. The highest BCUT2D eigenvalue weighted by molar-refractivity contribution is 6.20. The molecule has 0 aromatic rings. The molecule has 6 fully saturated rings. The summed E-state index contributed by atoms with van der Waals surface area (Å²) in [5.41, 5.74) is 6.46. The summed E-state index contributed by atoms with van der Waals surface area (Å²) in [5.74, 6) is 0.00493. The Bertz CT molecular complexity index is 1010. The third-order valence-corrected chi connectivity index (χ3v) is 11.2. The molecule has 4 aliphatic heterocycles. The third-order valence-electron chi connectivity index (χ3n) is 11.2. The highest BCUT2D eigenvalue weighted by atomic mass is 19.1. The smallest absolute Gasteiger partial charge is 0.256 e. The van der Waals surface area contributed by atoms with E-state index < -0.39 is 24.2 Å². The van der Waals surface area contributed by atoms with Crippen molar-refractivity contribution in [3.8, 4) is 0 Å². The van der Waals surface area contributed by atoms with Crippen LogP contribution in [0.2, 0.25) is 0 Å². The van der Waals surface area contributed by atoms with Crippen LogP contribution in [0.15, 0.2) is 11.8 Å². The summed E-state index contributed by atoms with van der Waals surface area (Å²) >= 11 is 0. The van der Waals surface area contributed by atoms with E-state index in [-0.39, 0.29) is 47.9 Å². The first-order chi connectivity index (χ1) is 19.5. The molecule has 3 aliphatic carbocycles. The number of fused-ring (bicyclic) bond motifs is 4. The lowest BCUT2D eigenvalue weighted by Gasteiger charge is -2.62. The minimum Gasteiger partial charge on any atom is -0.379 e. The molecule has 40 heavy (non-hydrogen) atoms. The molecule has 9 nitrogen and oxygen atoms in total. The van der Waals surface area contributed by atoms with Gasteiger partial charge in [-0.25, -0.2) is 4.39 Å². The van der Waals surface area contributed by atoms with Gasteiger partial charge in [0.25, 0.3) is 5.91 Å². The number of halogens is 1. The number of nitrogens with two attached hydrogens (primary N) is 1. The van der Waals surface area contributed by atoms with Gasteiger partial charge in [-0.15, -0.1) is 0 Å². The number of amides is 1. The molecule has 3 N–H and O–H groups in total. The van der Waals surface area contributed by atoms with Gasteiger partial charge in [0.1, 0.15) is 6.17 Å². The molecule has 222 valence electrons. The quantitative estimate of drug-likeness (QED) is 0.483. The number of carbonyl (C=O) groups excluding carboxylic acids is 2. The fourth-order valence-electron chi connectivity index (χ4n) is 9.27. The fourth-order valence-corrected chi connectivity index (χ4v) is 9.27. The molecule has 7 rings (SSSR count). The second kappa shape index (κ2) is 11.2. The van der Waals surface area contributed by atoms with Crippen LogP contribution in [-0.4, -0.2) is 121 Å². The van der Waals surface area contributed by atoms with Crippen molar-refractivity contribution in [2.45, 2.75) is 93.9 Å². The number of carbonyl (C=O) groups is 2. The topological polar surface area (TPSA) is 100 Å². The zero-order chi connectivity index (χ0) is 27.4. The number of nitrogens with one attached hydrogen (secondary N) is 1. The van der Waals surface area contributed by atoms with E-state index in [0.717, 1.165) is 51.9 Å². The molecule has 3 saturated heterocycles. The Morgan fingerprint density at radius 3 is 2.67 bits per heavy atom. The average Bonchev–Trinajstić information content (AvgIpc) is 3.40. The lowest BCUT2D eigenvalue weighted by molar-refractivity contribution is -0.231. The monoisotopic (exact) mass is 559 g/mol. The third kappa shape index (κ3) is 4.81. The molecule has 0 bridgehead atoms. The summed E-state index contributed by atoms with van der Waals surface area (Å²) in [6.07, 6.45) is 8.33. The number of morpholine rings is 2. The van der Waals surface area contributed by atoms with Gasteiger partial charge >= 0.3 is 0 Å². The van der Waals surface area contributed by atoms with E-state index in [2.05, 4.69) is 20.0 Å². The zero-order valence-corrected chi connectivity index (χ0v) is 23.6. The van der Waals surface area contributed by atoms with Crippen molar-refractivity contribution < 1.29 is 23.5 Å². The van der Waals surface area contributed by atoms with E-state index >= 15 is 4.39 Å². The molecular weight excluding hydrogens is 513 g/mol. The van der Waals surface area contributed by atoms with E-state index in [1.54, 1.807) is 0 Å². The molecule has 4 heterocycles. The number of nitrogens with zero attached hydrogens (tertiary/aromatic N) is 3. The van der Waals surface area contributed by atoms with Crippen LogP contribution in [-0.2, 0) is 19.1 Å². The van der Waals surface area contributed by atoms with Crippen LogP contribution in [0, 0.1) is 17.8 Å². The first-order valence-electron chi connectivity index (χ1n) is 15.9. The van der Waals surface area contributed by atoms with Crippen LogP contribution in [0.1, 0.15) is 51.4 Å². The molecule has 0 aromatic carbocycles. The average molecular weight is 560 g/mol. The summed E-state index contributed by atoms with van der Waals surface area (Å²) in [6.45, 7) is 5.75. The van der Waals surface area contributed by atoms with E-state index in [1.807, 2.05) is 6.20 Å². The van der Waals surface area contributed by atoms with Gasteiger partial charge in [-0.3, -0.25) is 19.4 Å². The van der Waals surface area contributed by atoms with Gasteiger partial charge in [-0.05, 0) is 43.9 Å². The van der Waals surface area contributed by atoms with E-state index in [1.165, 1.54) is 19.3 Å². The molecule has 9 unspecified atom stereocenters. The Kier molecular flexibility index (Phi) is 7.66. The van der Waals surface area contributed by atoms with E-state index in [4.69, 9.17) is 15.2 Å². The zero-order valence-electron chi connectivity index (χ0n) is 23.6. The van der Waals surface area contributed by atoms with Crippen LogP contribution >= 0.6 is 0 Å². The van der Waals surface area contributed by atoms with Crippen LogP contribution in [0.4, 0.5) is 4.39 Å². The van der Waals surface area contributed by atoms with Crippen molar-refractivity contribution in [2.75, 3.05) is 52.5 Å². The van der Waals surface area contributed by atoms with Crippen LogP contribution in [0.25, 0.3) is 0 Å². The van der Waals surface area contributed by atoms with E-state index in [0.29, 0.717) is 38.1 Å². The largest absolute Gasteiger partial charge is 0.379 e. The number of alkyl halides is 1. The van der Waals surface area contributed by atoms with Crippen molar-refractivity contribution >= 4 is 11.7 Å². The maximum atomic E-state index is 16.2. The molecule has 0 radical (unpaired) electrons. The molecule has 10 atom stereocenters. The summed E-state index contributed by atoms with van der Waals surface area (Å²) in [5, 5.41) is 3.00. The van der Waals surface area contributed by atoms with Gasteiger partial charge in [0.15, 0.2) is 5.78 Å². The molecule has 7 aliphatic rings. The van der Waals surface area contributed by atoms with Gasteiger partial charge < -0.3 is 25.4 Å². The number of rotatable bonds is 5. The highest BCUT2D eigenvalue weighted by Crippen LogP contribution is 2.51. The van der Waals surface area contributed by atoms with E-state index in [9.17, 15) is 9.59 Å². The van der Waals surface area contributed by atoms with Crippen LogP contribution in [0.5, 0.6) is 0 Å². The fraction of sp³-hybridized carbons (Fsp3) is 0.867. The van der Waals surface area contributed by atoms with Gasteiger partial charge in [-0.1, -0.05) is 19.3 Å². The summed E-state index contributed by atoms with van der Waals surface area (Å²) in [6, 6.07) is -0.444. The molecular formula is C30H46FN5O4. The predicted octanol–water partition coefficient (Wildman–Crippen LogP) is 1.07. The second-order valence-electron chi connectivity index (χ2n) is 13.4. The lowest BCUT2D eigenvalue weighted by atomic mass is 9.64. The Balaban J connectivity index is 1.17. The van der Waals surface area contributed by atoms with Gasteiger partial charge in [0, 0.05) is 57.4 Å². The number of Topliss-reactive ketones (excluding diaryl/α,β-unsaturated/α-hetero) is 1. The molecule has 0 aromatic heterocycles. The predicted molar refractivity (Wildman–Crippen MR) is 147 cm³/mol. The highest BCUT2D eigenvalue weighted by Gasteiger charge is 2.61. The van der Waals surface area contributed by atoms with Gasteiger partial charge in [0.05, 0.1) is 49.1 Å². The number of hydrogen-bond acceptors (Lipinski definition) is 8. The molecule has 0 spiro atoms. The van der Waals surface area contributed by atoms with Crippen molar-refractivity contribution in [1.82, 2.24) is 20.0 Å². The van der Waals surface area contributed by atoms with Crippen LogP contribution < -0.4 is 11.1 Å². The van der Waals surface area contributed by atoms with Gasteiger partial charge in [0.2, 0.25) is 0 Å². The summed E-state index contributed by atoms with van der Waals surface area (Å²) in [4.78, 5) is 34.1.